The molecule has 0 aliphatic rings. The number of ether oxygens (including phenoxy) is 1. The predicted molar refractivity (Wildman–Crippen MR) is 97.5 cm³/mol. The number of aromatic nitrogens is 2. The number of carbonyl (C=O) groups excluding carboxylic acids is 2. The molecule has 1 atom stereocenters. The number of Topliss-reactive ketones (excluding diaryl/α,β-unsaturated/α-hetero) is 1. The molecule has 0 radical (unpaired) electrons. The maximum absolute atomic E-state index is 12.3. The van der Waals surface area contributed by atoms with E-state index in [1.54, 1.807) is 48.5 Å². The highest BCUT2D eigenvalue weighted by atomic mass is 35.5. The summed E-state index contributed by atoms with van der Waals surface area (Å²) in [6, 6.07) is 15.0. The fourth-order valence-corrected chi connectivity index (χ4v) is 2.49. The summed E-state index contributed by atoms with van der Waals surface area (Å²) >= 11 is 5.79. The second kappa shape index (κ2) is 8.01. The predicted octanol–water partition coefficient (Wildman–Crippen LogP) is 2.97. The average molecular weight is 387 g/mol. The first-order chi connectivity index (χ1) is 12.9. The van der Waals surface area contributed by atoms with Crippen LogP contribution in [0.4, 0.5) is 0 Å². The molecule has 7 nitrogen and oxygen atoms in total. The molecule has 0 bridgehead atoms. The minimum atomic E-state index is -1.02. The van der Waals surface area contributed by atoms with Gasteiger partial charge in [0.05, 0.1) is 0 Å². The molecule has 0 spiro atoms. The molecule has 3 aromatic rings. The Balaban J connectivity index is 1.65. The summed E-state index contributed by atoms with van der Waals surface area (Å²) < 4.78 is 11.0. The van der Waals surface area contributed by atoms with Crippen LogP contribution in [0.2, 0.25) is 5.02 Å². The third kappa shape index (κ3) is 4.51. The molecule has 0 saturated heterocycles. The number of rotatable bonds is 6. The standard InChI is InChI=1S/C19H15ClN2O5/c1-12(17(24)13-7-9-15(20)10-8-13)26-16(23)11-22-19(25)27-18(21-22)14-5-3-2-4-6-14/h2-10,12H,11H2,1H3/t12-/m0/s1. The molecule has 1 aromatic heterocycles. The van der Waals surface area contributed by atoms with Crippen LogP contribution in [0.25, 0.3) is 11.5 Å². The molecule has 2 aromatic carbocycles. The van der Waals surface area contributed by atoms with E-state index in [0.717, 1.165) is 4.68 Å². The smallest absolute Gasteiger partial charge is 0.437 e. The topological polar surface area (TPSA) is 91.4 Å². The van der Waals surface area contributed by atoms with Crippen LogP contribution >= 0.6 is 11.6 Å². The Hall–Kier alpha value is -3.19. The lowest BCUT2D eigenvalue weighted by atomic mass is 10.1. The van der Waals surface area contributed by atoms with Gasteiger partial charge in [0.25, 0.3) is 0 Å². The van der Waals surface area contributed by atoms with Crippen LogP contribution < -0.4 is 5.76 Å². The number of hydrogen-bond acceptors (Lipinski definition) is 6. The van der Waals surface area contributed by atoms with E-state index in [0.29, 0.717) is 16.1 Å². The van der Waals surface area contributed by atoms with Gasteiger partial charge in [0.15, 0.2) is 6.10 Å². The number of carbonyl (C=O) groups is 2. The molecule has 8 heteroatoms. The summed E-state index contributed by atoms with van der Waals surface area (Å²) in [6.45, 7) is 0.989. The molecule has 27 heavy (non-hydrogen) atoms. The van der Waals surface area contributed by atoms with E-state index in [1.807, 2.05) is 6.07 Å². The maximum atomic E-state index is 12.3. The summed E-state index contributed by atoms with van der Waals surface area (Å²) in [5.74, 6) is -1.85. The Kier molecular flexibility index (Phi) is 5.52. The van der Waals surface area contributed by atoms with Crippen molar-refractivity contribution in [3.8, 4) is 11.5 Å². The first-order valence-corrected chi connectivity index (χ1v) is 8.44. The van der Waals surface area contributed by atoms with Crippen LogP contribution in [0, 0.1) is 0 Å². The van der Waals surface area contributed by atoms with Crippen LogP contribution in [0.3, 0.4) is 0 Å². The minimum absolute atomic E-state index is 0.0960. The van der Waals surface area contributed by atoms with Crippen LogP contribution in [0.1, 0.15) is 17.3 Å². The number of ketones is 1. The van der Waals surface area contributed by atoms with Crippen LogP contribution in [-0.4, -0.2) is 27.6 Å². The van der Waals surface area contributed by atoms with Crippen molar-refractivity contribution >= 4 is 23.4 Å². The van der Waals surface area contributed by atoms with Crippen molar-refractivity contribution in [1.82, 2.24) is 9.78 Å². The monoisotopic (exact) mass is 386 g/mol. The van der Waals surface area contributed by atoms with Gasteiger partial charge >= 0.3 is 11.7 Å². The van der Waals surface area contributed by atoms with Gasteiger partial charge in [-0.15, -0.1) is 5.10 Å². The van der Waals surface area contributed by atoms with Crippen LogP contribution in [-0.2, 0) is 16.1 Å². The molecule has 0 N–H and O–H groups in total. The molecule has 1 heterocycles. The lowest BCUT2D eigenvalue weighted by Crippen LogP contribution is -2.29. The molecular weight excluding hydrogens is 372 g/mol. The molecular formula is C19H15ClN2O5. The lowest BCUT2D eigenvalue weighted by Gasteiger charge is -2.12. The van der Waals surface area contributed by atoms with Gasteiger partial charge < -0.3 is 9.15 Å². The van der Waals surface area contributed by atoms with Gasteiger partial charge in [-0.25, -0.2) is 4.79 Å². The van der Waals surface area contributed by atoms with Gasteiger partial charge in [0.2, 0.25) is 11.7 Å². The Bertz CT molecular complexity index is 1010. The Morgan fingerprint density at radius 1 is 1.15 bits per heavy atom. The zero-order valence-corrected chi connectivity index (χ0v) is 15.1. The largest absolute Gasteiger partial charge is 0.453 e. The Labute approximate surface area is 159 Å². The third-order valence-electron chi connectivity index (χ3n) is 3.71. The molecule has 0 aliphatic heterocycles. The second-order valence-electron chi connectivity index (χ2n) is 5.70. The van der Waals surface area contributed by atoms with Crippen molar-refractivity contribution in [3.63, 3.8) is 0 Å². The molecule has 0 amide bonds. The highest BCUT2D eigenvalue weighted by Crippen LogP contribution is 2.14. The van der Waals surface area contributed by atoms with E-state index < -0.39 is 24.4 Å². The summed E-state index contributed by atoms with van der Waals surface area (Å²) in [5, 5.41) is 4.47. The fraction of sp³-hybridized carbons (Fsp3) is 0.158. The zero-order valence-electron chi connectivity index (χ0n) is 14.3. The zero-order chi connectivity index (χ0) is 19.4. The van der Waals surface area contributed by atoms with Gasteiger partial charge in [0, 0.05) is 16.1 Å². The maximum Gasteiger partial charge on any atom is 0.437 e. The van der Waals surface area contributed by atoms with Crippen molar-refractivity contribution in [2.24, 2.45) is 0 Å². The normalized spacial score (nSPS) is 11.8. The summed E-state index contributed by atoms with van der Waals surface area (Å²) in [6.07, 6.45) is -1.02. The summed E-state index contributed by atoms with van der Waals surface area (Å²) in [5.41, 5.74) is 0.970. The van der Waals surface area contributed by atoms with E-state index in [2.05, 4.69) is 5.10 Å². The number of benzene rings is 2. The van der Waals surface area contributed by atoms with Gasteiger partial charge in [-0.05, 0) is 43.3 Å². The molecule has 0 saturated carbocycles. The number of esters is 1. The van der Waals surface area contributed by atoms with Crippen molar-refractivity contribution in [2.75, 3.05) is 0 Å². The quantitative estimate of drug-likeness (QED) is 0.477. The van der Waals surface area contributed by atoms with Gasteiger partial charge in [-0.3, -0.25) is 9.59 Å². The van der Waals surface area contributed by atoms with E-state index in [1.165, 1.54) is 6.92 Å². The Morgan fingerprint density at radius 2 is 1.81 bits per heavy atom. The van der Waals surface area contributed by atoms with Crippen LogP contribution in [0.5, 0.6) is 0 Å². The highest BCUT2D eigenvalue weighted by Gasteiger charge is 2.21. The average Bonchev–Trinajstić information content (AvgIpc) is 3.03. The van der Waals surface area contributed by atoms with Gasteiger partial charge in [-0.1, -0.05) is 29.8 Å². The highest BCUT2D eigenvalue weighted by molar-refractivity contribution is 6.30. The third-order valence-corrected chi connectivity index (χ3v) is 3.96. The van der Waals surface area contributed by atoms with Crippen molar-refractivity contribution in [1.29, 1.82) is 0 Å². The first-order valence-electron chi connectivity index (χ1n) is 8.06. The lowest BCUT2D eigenvalue weighted by molar-refractivity contribution is -0.147. The second-order valence-corrected chi connectivity index (χ2v) is 6.14. The minimum Gasteiger partial charge on any atom is -0.453 e. The number of halogens is 1. The van der Waals surface area contributed by atoms with Crippen molar-refractivity contribution in [2.45, 2.75) is 19.6 Å². The summed E-state index contributed by atoms with van der Waals surface area (Å²) in [4.78, 5) is 36.2. The SMILES string of the molecule is C[C@H](OC(=O)Cn1nc(-c2ccccc2)oc1=O)C(=O)c1ccc(Cl)cc1. The first kappa shape index (κ1) is 18.6. The number of nitrogens with zero attached hydrogens (tertiary/aromatic N) is 2. The van der Waals surface area contributed by atoms with Crippen LogP contribution in [0.15, 0.2) is 63.8 Å². The Morgan fingerprint density at radius 3 is 2.48 bits per heavy atom. The van der Waals surface area contributed by atoms with E-state index in [-0.39, 0.29) is 11.7 Å². The summed E-state index contributed by atoms with van der Waals surface area (Å²) in [7, 11) is 0. The number of hydrogen-bond donors (Lipinski definition) is 0. The van der Waals surface area contributed by atoms with Crippen molar-refractivity contribution < 1.29 is 18.7 Å². The molecule has 138 valence electrons. The van der Waals surface area contributed by atoms with E-state index in [4.69, 9.17) is 20.8 Å². The van der Waals surface area contributed by atoms with Gasteiger partial charge in [0.1, 0.15) is 6.54 Å². The van der Waals surface area contributed by atoms with Gasteiger partial charge in [-0.2, -0.15) is 4.68 Å². The van der Waals surface area contributed by atoms with E-state index in [9.17, 15) is 14.4 Å². The molecule has 0 fully saturated rings. The molecule has 0 aliphatic carbocycles. The van der Waals surface area contributed by atoms with E-state index >= 15 is 0 Å². The van der Waals surface area contributed by atoms with Crippen molar-refractivity contribution in [3.05, 3.63) is 75.7 Å². The molecule has 3 rings (SSSR count). The molecule has 0 unspecified atom stereocenters. The fourth-order valence-electron chi connectivity index (χ4n) is 2.36.